The first-order chi connectivity index (χ1) is 18.3. The number of hydrogen-bond donors (Lipinski definition) is 1. The number of ketones is 1. The summed E-state index contributed by atoms with van der Waals surface area (Å²) in [5.74, 6) is 0.00921. The van der Waals surface area contributed by atoms with E-state index in [0.29, 0.717) is 53.8 Å². The SMILES string of the molecule is C=CCOc1ccc(C(O)=C2C(=O)C(=O)N(CCN(CC)CC)[C@@H]2c2cc(OC)c(OC)c(OC)c2)cc1. The smallest absolute Gasteiger partial charge is 0.295 e. The van der Waals surface area contributed by atoms with E-state index in [1.807, 2.05) is 13.8 Å². The average molecular weight is 525 g/mol. The first-order valence-electron chi connectivity index (χ1n) is 12.5. The first-order valence-corrected chi connectivity index (χ1v) is 12.5. The number of aliphatic hydroxyl groups is 1. The molecule has 9 heteroatoms. The van der Waals surface area contributed by atoms with Crippen molar-refractivity contribution in [2.45, 2.75) is 19.9 Å². The number of likely N-dealkylation sites (N-methyl/N-ethyl adjacent to an activating group) is 1. The predicted molar refractivity (Wildman–Crippen MR) is 145 cm³/mol. The zero-order chi connectivity index (χ0) is 27.8. The van der Waals surface area contributed by atoms with E-state index in [-0.39, 0.29) is 11.3 Å². The topological polar surface area (TPSA) is 97.8 Å². The second kappa shape index (κ2) is 13.0. The molecule has 1 aliphatic heterocycles. The van der Waals surface area contributed by atoms with E-state index in [1.54, 1.807) is 42.5 Å². The van der Waals surface area contributed by atoms with Gasteiger partial charge in [0.25, 0.3) is 11.7 Å². The van der Waals surface area contributed by atoms with Gasteiger partial charge in [-0.05, 0) is 55.1 Å². The van der Waals surface area contributed by atoms with Crippen LogP contribution in [0.25, 0.3) is 5.76 Å². The molecule has 1 aliphatic rings. The lowest BCUT2D eigenvalue weighted by Gasteiger charge is -2.29. The molecule has 1 fully saturated rings. The fraction of sp³-hybridized carbons (Fsp3) is 0.379. The Kier molecular flexibility index (Phi) is 9.78. The van der Waals surface area contributed by atoms with Gasteiger partial charge in [0.05, 0.1) is 32.9 Å². The number of carbonyl (C=O) groups is 2. The van der Waals surface area contributed by atoms with E-state index in [2.05, 4.69) is 11.5 Å². The molecule has 1 saturated heterocycles. The highest BCUT2D eigenvalue weighted by atomic mass is 16.5. The first kappa shape index (κ1) is 28.6. The van der Waals surface area contributed by atoms with Crippen LogP contribution in [0.2, 0.25) is 0 Å². The van der Waals surface area contributed by atoms with Crippen LogP contribution in [-0.2, 0) is 9.59 Å². The zero-order valence-corrected chi connectivity index (χ0v) is 22.7. The minimum atomic E-state index is -0.865. The van der Waals surface area contributed by atoms with Gasteiger partial charge in [0.1, 0.15) is 18.1 Å². The summed E-state index contributed by atoms with van der Waals surface area (Å²) >= 11 is 0. The molecule has 0 radical (unpaired) electrons. The Hall–Kier alpha value is -3.98. The quantitative estimate of drug-likeness (QED) is 0.182. The summed E-state index contributed by atoms with van der Waals surface area (Å²) in [5.41, 5.74) is 0.921. The summed E-state index contributed by atoms with van der Waals surface area (Å²) in [4.78, 5) is 30.4. The Bertz CT molecular complexity index is 1160. The minimum absolute atomic E-state index is 0.0106. The second-order valence-corrected chi connectivity index (χ2v) is 8.60. The van der Waals surface area contributed by atoms with Gasteiger partial charge in [-0.15, -0.1) is 0 Å². The van der Waals surface area contributed by atoms with E-state index < -0.39 is 17.7 Å². The third kappa shape index (κ3) is 5.78. The van der Waals surface area contributed by atoms with E-state index in [1.165, 1.54) is 26.2 Å². The Labute approximate surface area is 223 Å². The van der Waals surface area contributed by atoms with Crippen LogP contribution in [0.15, 0.2) is 54.6 Å². The molecule has 0 aromatic heterocycles. The van der Waals surface area contributed by atoms with Crippen LogP contribution in [0.1, 0.15) is 31.0 Å². The molecular weight excluding hydrogens is 488 g/mol. The number of Topliss-reactive ketones (excluding diaryl/α,β-unsaturated/α-hetero) is 1. The number of aliphatic hydroxyl groups excluding tert-OH is 1. The number of ether oxygens (including phenoxy) is 4. The molecule has 38 heavy (non-hydrogen) atoms. The van der Waals surface area contributed by atoms with Crippen molar-refractivity contribution in [3.63, 3.8) is 0 Å². The van der Waals surface area contributed by atoms with Gasteiger partial charge in [-0.3, -0.25) is 9.59 Å². The maximum absolute atomic E-state index is 13.4. The molecule has 1 heterocycles. The van der Waals surface area contributed by atoms with Gasteiger partial charge in [0.15, 0.2) is 11.5 Å². The van der Waals surface area contributed by atoms with Gasteiger partial charge in [0.2, 0.25) is 5.75 Å². The van der Waals surface area contributed by atoms with Crippen molar-refractivity contribution in [3.05, 3.63) is 65.8 Å². The number of amides is 1. The highest BCUT2D eigenvalue weighted by Crippen LogP contribution is 2.45. The summed E-state index contributed by atoms with van der Waals surface area (Å²) < 4.78 is 22.0. The number of methoxy groups -OCH3 is 3. The largest absolute Gasteiger partial charge is 0.507 e. The fourth-order valence-electron chi connectivity index (χ4n) is 4.53. The normalized spacial score (nSPS) is 16.6. The second-order valence-electron chi connectivity index (χ2n) is 8.60. The number of rotatable bonds is 13. The lowest BCUT2D eigenvalue weighted by molar-refractivity contribution is -0.140. The molecule has 3 rings (SSSR count). The maximum atomic E-state index is 13.4. The zero-order valence-electron chi connectivity index (χ0n) is 22.7. The van der Waals surface area contributed by atoms with Crippen molar-refractivity contribution in [2.24, 2.45) is 0 Å². The highest BCUT2D eigenvalue weighted by Gasteiger charge is 2.46. The molecule has 0 spiro atoms. The summed E-state index contributed by atoms with van der Waals surface area (Å²) in [5, 5.41) is 11.4. The minimum Gasteiger partial charge on any atom is -0.507 e. The van der Waals surface area contributed by atoms with Gasteiger partial charge >= 0.3 is 0 Å². The molecule has 1 atom stereocenters. The van der Waals surface area contributed by atoms with Crippen molar-refractivity contribution in [3.8, 4) is 23.0 Å². The molecule has 204 valence electrons. The Morgan fingerprint density at radius 1 is 1.03 bits per heavy atom. The van der Waals surface area contributed by atoms with Gasteiger partial charge in [-0.2, -0.15) is 0 Å². The standard InChI is InChI=1S/C29H36N2O7/c1-7-16-38-21-12-10-19(11-13-21)26(32)24-25(20-17-22(35-4)28(37-6)23(18-20)36-5)31(29(34)27(24)33)15-14-30(8-2)9-3/h7,10-13,17-18,25,32H,1,8-9,14-16H2,2-6H3/t25-/m1/s1. The van der Waals surface area contributed by atoms with Crippen molar-refractivity contribution >= 4 is 17.4 Å². The van der Waals surface area contributed by atoms with Gasteiger partial charge in [0, 0.05) is 18.7 Å². The van der Waals surface area contributed by atoms with Crippen LogP contribution >= 0.6 is 0 Å². The molecule has 0 saturated carbocycles. The molecule has 1 N–H and O–H groups in total. The number of hydrogen-bond acceptors (Lipinski definition) is 8. The summed E-state index contributed by atoms with van der Waals surface area (Å²) in [6.07, 6.45) is 1.63. The van der Waals surface area contributed by atoms with E-state index in [4.69, 9.17) is 18.9 Å². The van der Waals surface area contributed by atoms with E-state index in [0.717, 1.165) is 13.1 Å². The fourth-order valence-corrected chi connectivity index (χ4v) is 4.53. The predicted octanol–water partition coefficient (Wildman–Crippen LogP) is 4.04. The molecule has 2 aromatic carbocycles. The van der Waals surface area contributed by atoms with E-state index in [9.17, 15) is 14.7 Å². The number of benzene rings is 2. The van der Waals surface area contributed by atoms with Gasteiger partial charge < -0.3 is 33.9 Å². The van der Waals surface area contributed by atoms with Crippen LogP contribution < -0.4 is 18.9 Å². The number of carbonyl (C=O) groups excluding carboxylic acids is 2. The van der Waals surface area contributed by atoms with Crippen molar-refractivity contribution in [1.29, 1.82) is 0 Å². The monoisotopic (exact) mass is 524 g/mol. The number of nitrogens with zero attached hydrogens (tertiary/aromatic N) is 2. The van der Waals surface area contributed by atoms with Crippen molar-refractivity contribution < 1.29 is 33.6 Å². The Morgan fingerprint density at radius 3 is 2.13 bits per heavy atom. The Balaban J connectivity index is 2.17. The molecule has 0 unspecified atom stereocenters. The van der Waals surface area contributed by atoms with Crippen LogP contribution in [0.3, 0.4) is 0 Å². The van der Waals surface area contributed by atoms with Crippen LogP contribution in [0, 0.1) is 0 Å². The summed E-state index contributed by atoms with van der Waals surface area (Å²) in [7, 11) is 4.49. The molecular formula is C29H36N2O7. The maximum Gasteiger partial charge on any atom is 0.295 e. The van der Waals surface area contributed by atoms with Crippen molar-refractivity contribution in [1.82, 2.24) is 9.80 Å². The molecule has 9 nitrogen and oxygen atoms in total. The van der Waals surface area contributed by atoms with Crippen LogP contribution in [-0.4, -0.2) is 80.7 Å². The third-order valence-electron chi connectivity index (χ3n) is 6.59. The summed E-state index contributed by atoms with van der Waals surface area (Å²) in [6.45, 7) is 10.5. The summed E-state index contributed by atoms with van der Waals surface area (Å²) in [6, 6.07) is 9.18. The average Bonchev–Trinajstić information content (AvgIpc) is 3.20. The third-order valence-corrected chi connectivity index (χ3v) is 6.59. The highest BCUT2D eigenvalue weighted by molar-refractivity contribution is 6.46. The van der Waals surface area contributed by atoms with Gasteiger partial charge in [-0.25, -0.2) is 0 Å². The molecule has 1 amide bonds. The van der Waals surface area contributed by atoms with Crippen molar-refractivity contribution in [2.75, 3.05) is 54.1 Å². The van der Waals surface area contributed by atoms with E-state index >= 15 is 0 Å². The molecule has 0 bridgehead atoms. The Morgan fingerprint density at radius 2 is 1.63 bits per heavy atom. The van der Waals surface area contributed by atoms with Crippen LogP contribution in [0.5, 0.6) is 23.0 Å². The van der Waals surface area contributed by atoms with Gasteiger partial charge in [-0.1, -0.05) is 26.5 Å². The lowest BCUT2D eigenvalue weighted by Crippen LogP contribution is -2.38. The lowest BCUT2D eigenvalue weighted by atomic mass is 9.94. The van der Waals surface area contributed by atoms with Crippen LogP contribution in [0.4, 0.5) is 0 Å². The molecule has 0 aliphatic carbocycles. The molecule has 2 aromatic rings. The number of likely N-dealkylation sites (tertiary alicyclic amines) is 1.